The van der Waals surface area contributed by atoms with E-state index >= 15 is 0 Å². The third kappa shape index (κ3) is 2.81. The zero-order valence-electron chi connectivity index (χ0n) is 16.1. The van der Waals surface area contributed by atoms with Crippen LogP contribution in [0.1, 0.15) is 16.7 Å². The number of carboxylic acid groups (broad SMARTS) is 1. The number of rotatable bonds is 3. The highest BCUT2D eigenvalue weighted by Gasteiger charge is 2.23. The van der Waals surface area contributed by atoms with Gasteiger partial charge in [0.1, 0.15) is 11.6 Å². The molecule has 5 rings (SSSR count). The van der Waals surface area contributed by atoms with Gasteiger partial charge in [-0.3, -0.25) is 9.78 Å². The number of pyridine rings is 1. The molecule has 0 spiro atoms. The molecule has 0 unspecified atom stereocenters. The summed E-state index contributed by atoms with van der Waals surface area (Å²) in [6.07, 6.45) is 2.35. The monoisotopic (exact) mass is 421 g/mol. The van der Waals surface area contributed by atoms with Gasteiger partial charge < -0.3 is 9.84 Å². The number of fused-ring (bicyclic) bond motifs is 1. The average Bonchev–Trinajstić information content (AvgIpc) is 2.73. The van der Waals surface area contributed by atoms with Crippen molar-refractivity contribution in [1.29, 1.82) is 0 Å². The van der Waals surface area contributed by atoms with Crippen molar-refractivity contribution in [3.05, 3.63) is 70.1 Å². The Hall–Kier alpha value is -3.18. The van der Waals surface area contributed by atoms with Crippen molar-refractivity contribution in [2.24, 2.45) is 0 Å². The van der Waals surface area contributed by atoms with E-state index in [2.05, 4.69) is 4.98 Å². The zero-order valence-corrected chi connectivity index (χ0v) is 16.9. The van der Waals surface area contributed by atoms with Crippen LogP contribution in [0.2, 0.25) is 5.02 Å². The first-order chi connectivity index (χ1) is 14.5. The molecule has 1 aromatic heterocycles. The summed E-state index contributed by atoms with van der Waals surface area (Å²) in [5, 5.41) is 11.5. The van der Waals surface area contributed by atoms with Crippen LogP contribution in [0.25, 0.3) is 32.8 Å². The molecule has 0 bridgehead atoms. The Morgan fingerprint density at radius 2 is 2.07 bits per heavy atom. The van der Waals surface area contributed by atoms with E-state index in [-0.39, 0.29) is 11.4 Å². The summed E-state index contributed by atoms with van der Waals surface area (Å²) in [6.45, 7) is 2.40. The third-order valence-corrected chi connectivity index (χ3v) is 6.00. The van der Waals surface area contributed by atoms with Crippen LogP contribution >= 0.6 is 11.6 Å². The van der Waals surface area contributed by atoms with Crippen LogP contribution in [-0.4, -0.2) is 22.7 Å². The van der Waals surface area contributed by atoms with Crippen molar-refractivity contribution in [2.75, 3.05) is 6.61 Å². The van der Waals surface area contributed by atoms with Crippen molar-refractivity contribution in [2.45, 2.75) is 19.8 Å². The molecule has 0 atom stereocenters. The molecule has 4 aromatic rings. The lowest BCUT2D eigenvalue weighted by atomic mass is 9.86. The summed E-state index contributed by atoms with van der Waals surface area (Å²) >= 11 is 6.03. The summed E-state index contributed by atoms with van der Waals surface area (Å²) in [5.41, 5.74) is 4.61. The first-order valence-electron chi connectivity index (χ1n) is 9.61. The summed E-state index contributed by atoms with van der Waals surface area (Å²) in [4.78, 5) is 16.3. The number of ether oxygens (including phenoxy) is 1. The van der Waals surface area contributed by atoms with Crippen molar-refractivity contribution >= 4 is 39.2 Å². The van der Waals surface area contributed by atoms with Gasteiger partial charge in [-0.2, -0.15) is 0 Å². The predicted molar refractivity (Wildman–Crippen MR) is 115 cm³/mol. The van der Waals surface area contributed by atoms with Crippen LogP contribution in [0.4, 0.5) is 4.39 Å². The molecule has 1 N–H and O–H groups in total. The maximum atomic E-state index is 14.9. The maximum Gasteiger partial charge on any atom is 0.307 e. The average molecular weight is 422 g/mol. The molecular weight excluding hydrogens is 405 g/mol. The molecule has 30 heavy (non-hydrogen) atoms. The topological polar surface area (TPSA) is 59.4 Å². The molecule has 1 aliphatic heterocycles. The highest BCUT2D eigenvalue weighted by atomic mass is 35.5. The first-order valence-corrected chi connectivity index (χ1v) is 9.99. The Balaban J connectivity index is 1.95. The third-order valence-electron chi connectivity index (χ3n) is 5.71. The van der Waals surface area contributed by atoms with Crippen LogP contribution in [0.3, 0.4) is 0 Å². The molecule has 150 valence electrons. The molecule has 6 heteroatoms. The van der Waals surface area contributed by atoms with E-state index in [1.54, 1.807) is 25.3 Å². The molecule has 0 aliphatic carbocycles. The van der Waals surface area contributed by atoms with Gasteiger partial charge in [0.2, 0.25) is 0 Å². The minimum absolute atomic E-state index is 0.0299. The summed E-state index contributed by atoms with van der Waals surface area (Å²) in [7, 11) is 0. The van der Waals surface area contributed by atoms with E-state index in [4.69, 9.17) is 16.3 Å². The van der Waals surface area contributed by atoms with E-state index in [1.165, 1.54) is 6.07 Å². The summed E-state index contributed by atoms with van der Waals surface area (Å²) in [5.74, 6) is -0.708. The number of hydrogen-bond acceptors (Lipinski definition) is 3. The van der Waals surface area contributed by atoms with Crippen molar-refractivity contribution in [3.63, 3.8) is 0 Å². The molecule has 2 heterocycles. The van der Waals surface area contributed by atoms with Gasteiger partial charge in [-0.05, 0) is 64.9 Å². The summed E-state index contributed by atoms with van der Waals surface area (Å²) in [6, 6.07) is 10.7. The van der Waals surface area contributed by atoms with Gasteiger partial charge in [0.05, 0.1) is 23.6 Å². The number of hydrogen-bond donors (Lipinski definition) is 1. The van der Waals surface area contributed by atoms with E-state index < -0.39 is 11.8 Å². The fourth-order valence-electron chi connectivity index (χ4n) is 4.38. The second-order valence-corrected chi connectivity index (χ2v) is 7.88. The number of carboxylic acids is 1. The fraction of sp³-hybridized carbons (Fsp3) is 0.167. The Labute approximate surface area is 176 Å². The Bertz CT molecular complexity index is 1360. The number of carbonyl (C=O) groups is 1. The number of halogens is 2. The number of nitrogens with zero attached hydrogens (tertiary/aromatic N) is 1. The Morgan fingerprint density at radius 1 is 1.23 bits per heavy atom. The van der Waals surface area contributed by atoms with Gasteiger partial charge in [-0.15, -0.1) is 0 Å². The van der Waals surface area contributed by atoms with E-state index in [1.807, 2.05) is 18.2 Å². The maximum absolute atomic E-state index is 14.9. The molecule has 0 amide bonds. The van der Waals surface area contributed by atoms with Crippen LogP contribution in [0.15, 0.2) is 42.6 Å². The SMILES string of the molecule is Cc1cc2c(F)c(Cl)ccc2c(-c2ccc3c4c(ccnc24)CCO3)c1CC(=O)O. The van der Waals surface area contributed by atoms with Gasteiger partial charge in [0.15, 0.2) is 0 Å². The van der Waals surface area contributed by atoms with E-state index in [0.717, 1.165) is 34.2 Å². The highest BCUT2D eigenvalue weighted by molar-refractivity contribution is 6.31. The molecule has 0 fully saturated rings. The van der Waals surface area contributed by atoms with E-state index in [9.17, 15) is 14.3 Å². The van der Waals surface area contributed by atoms with Crippen LogP contribution in [-0.2, 0) is 17.6 Å². The molecule has 0 saturated heterocycles. The zero-order chi connectivity index (χ0) is 21.0. The van der Waals surface area contributed by atoms with Crippen LogP contribution in [0.5, 0.6) is 5.75 Å². The van der Waals surface area contributed by atoms with Crippen molar-refractivity contribution < 1.29 is 19.0 Å². The van der Waals surface area contributed by atoms with Crippen LogP contribution in [0, 0.1) is 12.7 Å². The second-order valence-electron chi connectivity index (χ2n) is 7.48. The fourth-order valence-corrected chi connectivity index (χ4v) is 4.54. The van der Waals surface area contributed by atoms with E-state index in [0.29, 0.717) is 34.1 Å². The van der Waals surface area contributed by atoms with Crippen LogP contribution < -0.4 is 4.74 Å². The molecule has 0 radical (unpaired) electrons. The van der Waals surface area contributed by atoms with Gasteiger partial charge in [-0.25, -0.2) is 4.39 Å². The normalized spacial score (nSPS) is 12.9. The number of benzene rings is 3. The number of aliphatic carboxylic acids is 1. The van der Waals surface area contributed by atoms with Gasteiger partial charge in [0.25, 0.3) is 0 Å². The Morgan fingerprint density at radius 3 is 2.87 bits per heavy atom. The first kappa shape index (κ1) is 18.8. The van der Waals surface area contributed by atoms with Crippen molar-refractivity contribution in [3.8, 4) is 16.9 Å². The van der Waals surface area contributed by atoms with Gasteiger partial charge in [0, 0.05) is 29.0 Å². The minimum atomic E-state index is -0.952. The lowest BCUT2D eigenvalue weighted by molar-refractivity contribution is -0.136. The smallest absolute Gasteiger partial charge is 0.307 e. The molecule has 4 nitrogen and oxygen atoms in total. The van der Waals surface area contributed by atoms with Crippen molar-refractivity contribution in [1.82, 2.24) is 4.98 Å². The lowest BCUT2D eigenvalue weighted by Crippen LogP contribution is -2.10. The summed E-state index contributed by atoms with van der Waals surface area (Å²) < 4.78 is 20.7. The minimum Gasteiger partial charge on any atom is -0.493 e. The van der Waals surface area contributed by atoms with Gasteiger partial charge >= 0.3 is 5.97 Å². The second kappa shape index (κ2) is 6.96. The Kier molecular flexibility index (Phi) is 4.36. The quantitative estimate of drug-likeness (QED) is 0.459. The molecule has 0 saturated carbocycles. The predicted octanol–water partition coefficient (Wildman–Crippen LogP) is 5.72. The largest absolute Gasteiger partial charge is 0.493 e. The number of aryl methyl sites for hydroxylation is 1. The molecular formula is C24H17ClFNO3. The lowest BCUT2D eigenvalue weighted by Gasteiger charge is -2.22. The highest BCUT2D eigenvalue weighted by Crippen LogP contribution is 2.43. The molecule has 1 aliphatic rings. The standard InChI is InChI=1S/C24H17ClFNO3/c1-12-10-17-14(2-4-18(25)23(17)26)22(16(12)11-20(28)29)15-3-5-19-21-13(7-9-30-19)6-8-27-24(15)21/h2-6,8,10H,7,9,11H2,1H3,(H,28,29). The molecule has 3 aromatic carbocycles. The van der Waals surface area contributed by atoms with Gasteiger partial charge in [-0.1, -0.05) is 17.7 Å². The number of aromatic nitrogens is 1.